The Bertz CT molecular complexity index is 981. The van der Waals surface area contributed by atoms with Crippen LogP contribution in [0, 0.1) is 6.92 Å². The zero-order valence-electron chi connectivity index (χ0n) is 14.5. The standard InChI is InChI=1S/C21H20N2O2S/c1-17-12-14-20(15-13-17)26(24,25)23-22-21(19-10-6-3-7-11-19)16-18-8-4-2-5-9-18/h2-15,23H,16H2,1H3/b22-21-. The van der Waals surface area contributed by atoms with Crippen LogP contribution in [0.5, 0.6) is 0 Å². The van der Waals surface area contributed by atoms with E-state index in [4.69, 9.17) is 0 Å². The number of hydrogen-bond donors (Lipinski definition) is 1. The van der Waals surface area contributed by atoms with Crippen molar-refractivity contribution in [3.63, 3.8) is 0 Å². The Labute approximate surface area is 154 Å². The molecule has 0 aliphatic heterocycles. The van der Waals surface area contributed by atoms with Crippen LogP contribution >= 0.6 is 0 Å². The molecule has 3 aromatic carbocycles. The van der Waals surface area contributed by atoms with E-state index in [1.165, 1.54) is 0 Å². The van der Waals surface area contributed by atoms with Gasteiger partial charge in [-0.05, 0) is 30.2 Å². The minimum atomic E-state index is -3.71. The molecule has 1 N–H and O–H groups in total. The van der Waals surface area contributed by atoms with Crippen LogP contribution in [-0.2, 0) is 16.4 Å². The Morgan fingerprint density at radius 3 is 2.04 bits per heavy atom. The number of nitrogens with one attached hydrogen (secondary N) is 1. The minimum Gasteiger partial charge on any atom is -0.200 e. The fraction of sp³-hybridized carbons (Fsp3) is 0.0952. The van der Waals surface area contributed by atoms with Gasteiger partial charge in [-0.1, -0.05) is 78.4 Å². The Balaban J connectivity index is 1.90. The zero-order chi connectivity index (χ0) is 18.4. The highest BCUT2D eigenvalue weighted by Gasteiger charge is 2.14. The number of benzene rings is 3. The van der Waals surface area contributed by atoms with E-state index in [1.807, 2.05) is 67.6 Å². The van der Waals surface area contributed by atoms with Crippen LogP contribution in [0.25, 0.3) is 0 Å². The van der Waals surface area contributed by atoms with E-state index < -0.39 is 10.0 Å². The van der Waals surface area contributed by atoms with Crippen LogP contribution < -0.4 is 4.83 Å². The van der Waals surface area contributed by atoms with Gasteiger partial charge in [0.1, 0.15) is 0 Å². The lowest BCUT2D eigenvalue weighted by atomic mass is 10.0. The summed E-state index contributed by atoms with van der Waals surface area (Å²) in [5, 5.41) is 4.24. The molecule has 0 saturated carbocycles. The molecular formula is C21H20N2O2S. The van der Waals surface area contributed by atoms with Gasteiger partial charge in [-0.3, -0.25) is 0 Å². The highest BCUT2D eigenvalue weighted by molar-refractivity contribution is 7.89. The van der Waals surface area contributed by atoms with Crippen LogP contribution in [0.1, 0.15) is 16.7 Å². The fourth-order valence-corrected chi connectivity index (χ4v) is 3.34. The van der Waals surface area contributed by atoms with Crippen molar-refractivity contribution in [3.05, 3.63) is 102 Å². The van der Waals surface area contributed by atoms with Crippen molar-refractivity contribution >= 4 is 15.7 Å². The molecule has 132 valence electrons. The molecule has 0 fully saturated rings. The van der Waals surface area contributed by atoms with Gasteiger partial charge >= 0.3 is 0 Å². The topological polar surface area (TPSA) is 58.5 Å². The van der Waals surface area contributed by atoms with Crippen LogP contribution in [0.4, 0.5) is 0 Å². The lowest BCUT2D eigenvalue weighted by Gasteiger charge is -2.09. The largest absolute Gasteiger partial charge is 0.276 e. The van der Waals surface area contributed by atoms with E-state index >= 15 is 0 Å². The third-order valence-corrected chi connectivity index (χ3v) is 5.18. The van der Waals surface area contributed by atoms with Gasteiger partial charge < -0.3 is 0 Å². The van der Waals surface area contributed by atoms with E-state index in [-0.39, 0.29) is 4.90 Å². The van der Waals surface area contributed by atoms with E-state index in [2.05, 4.69) is 9.93 Å². The van der Waals surface area contributed by atoms with Crippen LogP contribution in [0.15, 0.2) is 94.9 Å². The molecular weight excluding hydrogens is 344 g/mol. The molecule has 0 aliphatic rings. The first-order valence-electron chi connectivity index (χ1n) is 8.29. The maximum Gasteiger partial charge on any atom is 0.276 e. The van der Waals surface area contributed by atoms with Gasteiger partial charge in [0.2, 0.25) is 0 Å². The summed E-state index contributed by atoms with van der Waals surface area (Å²) in [7, 11) is -3.71. The van der Waals surface area contributed by atoms with Crippen molar-refractivity contribution in [1.82, 2.24) is 4.83 Å². The summed E-state index contributed by atoms with van der Waals surface area (Å²) in [4.78, 5) is 2.57. The Hall–Kier alpha value is -2.92. The number of hydrazone groups is 1. The molecule has 0 unspecified atom stereocenters. The van der Waals surface area contributed by atoms with Crippen molar-refractivity contribution in [3.8, 4) is 0 Å². The molecule has 0 atom stereocenters. The summed E-state index contributed by atoms with van der Waals surface area (Å²) in [6.45, 7) is 1.91. The van der Waals surface area contributed by atoms with Crippen molar-refractivity contribution in [1.29, 1.82) is 0 Å². The molecule has 0 aliphatic carbocycles. The summed E-state index contributed by atoms with van der Waals surface area (Å²) >= 11 is 0. The number of sulfonamides is 1. The number of rotatable bonds is 6. The average Bonchev–Trinajstić information content (AvgIpc) is 2.67. The van der Waals surface area contributed by atoms with Gasteiger partial charge in [0.25, 0.3) is 10.0 Å². The maximum absolute atomic E-state index is 12.5. The van der Waals surface area contributed by atoms with Gasteiger partial charge in [-0.15, -0.1) is 0 Å². The predicted molar refractivity (Wildman–Crippen MR) is 105 cm³/mol. The summed E-state index contributed by atoms with van der Waals surface area (Å²) in [6, 6.07) is 26.1. The highest BCUT2D eigenvalue weighted by atomic mass is 32.2. The third kappa shape index (κ3) is 4.58. The Morgan fingerprint density at radius 1 is 0.846 bits per heavy atom. The van der Waals surface area contributed by atoms with Gasteiger partial charge in [0, 0.05) is 6.42 Å². The first kappa shape index (κ1) is 17.9. The summed E-state index contributed by atoms with van der Waals surface area (Å²) in [6.07, 6.45) is 0.529. The Morgan fingerprint density at radius 2 is 1.42 bits per heavy atom. The SMILES string of the molecule is Cc1ccc(S(=O)(=O)N/N=C(/Cc2ccccc2)c2ccccc2)cc1. The van der Waals surface area contributed by atoms with Crippen LogP contribution in [0.2, 0.25) is 0 Å². The van der Waals surface area contributed by atoms with Crippen molar-refractivity contribution in [2.24, 2.45) is 5.10 Å². The molecule has 26 heavy (non-hydrogen) atoms. The van der Waals surface area contributed by atoms with Crippen LogP contribution in [-0.4, -0.2) is 14.1 Å². The second-order valence-corrected chi connectivity index (χ2v) is 7.66. The van der Waals surface area contributed by atoms with E-state index in [0.29, 0.717) is 12.1 Å². The molecule has 0 saturated heterocycles. The van der Waals surface area contributed by atoms with Crippen LogP contribution in [0.3, 0.4) is 0 Å². The second kappa shape index (κ2) is 7.97. The van der Waals surface area contributed by atoms with Crippen molar-refractivity contribution < 1.29 is 8.42 Å². The first-order valence-corrected chi connectivity index (χ1v) is 9.77. The van der Waals surface area contributed by atoms with Gasteiger partial charge in [-0.2, -0.15) is 18.4 Å². The van der Waals surface area contributed by atoms with E-state index in [1.54, 1.807) is 24.3 Å². The fourth-order valence-electron chi connectivity index (χ4n) is 2.51. The number of hydrogen-bond acceptors (Lipinski definition) is 3. The lowest BCUT2D eigenvalue weighted by molar-refractivity contribution is 0.584. The maximum atomic E-state index is 12.5. The molecule has 4 nitrogen and oxygen atoms in total. The zero-order valence-corrected chi connectivity index (χ0v) is 15.3. The quantitative estimate of drug-likeness (QED) is 0.532. The summed E-state index contributed by atoms with van der Waals surface area (Å²) in [5.74, 6) is 0. The third-order valence-electron chi connectivity index (χ3n) is 3.95. The monoisotopic (exact) mass is 364 g/mol. The van der Waals surface area contributed by atoms with Gasteiger partial charge in [0.15, 0.2) is 0 Å². The first-order chi connectivity index (χ1) is 12.5. The molecule has 3 aromatic rings. The Kier molecular flexibility index (Phi) is 5.49. The average molecular weight is 364 g/mol. The molecule has 3 rings (SSSR count). The normalized spacial score (nSPS) is 12.0. The number of nitrogens with zero attached hydrogens (tertiary/aromatic N) is 1. The van der Waals surface area contributed by atoms with Gasteiger partial charge in [0.05, 0.1) is 10.6 Å². The molecule has 0 bridgehead atoms. The molecule has 0 amide bonds. The summed E-state index contributed by atoms with van der Waals surface area (Å²) in [5.41, 5.74) is 3.60. The highest BCUT2D eigenvalue weighted by Crippen LogP contribution is 2.12. The smallest absolute Gasteiger partial charge is 0.200 e. The van der Waals surface area contributed by atoms with Crippen molar-refractivity contribution in [2.45, 2.75) is 18.2 Å². The molecule has 0 aromatic heterocycles. The molecule has 0 heterocycles. The van der Waals surface area contributed by atoms with E-state index in [0.717, 1.165) is 16.7 Å². The predicted octanol–water partition coefficient (Wildman–Crippen LogP) is 3.92. The number of aryl methyl sites for hydroxylation is 1. The molecule has 5 heteroatoms. The molecule has 0 spiro atoms. The van der Waals surface area contributed by atoms with Gasteiger partial charge in [-0.25, -0.2) is 0 Å². The molecule has 0 radical (unpaired) electrons. The summed E-state index contributed by atoms with van der Waals surface area (Å²) < 4.78 is 25.0. The van der Waals surface area contributed by atoms with Crippen molar-refractivity contribution in [2.75, 3.05) is 0 Å². The second-order valence-electron chi connectivity index (χ2n) is 5.99. The lowest BCUT2D eigenvalue weighted by Crippen LogP contribution is -2.21. The van der Waals surface area contributed by atoms with E-state index in [9.17, 15) is 8.42 Å². The minimum absolute atomic E-state index is 0.193.